The lowest BCUT2D eigenvalue weighted by Crippen LogP contribution is -2.42. The van der Waals surface area contributed by atoms with Crippen molar-refractivity contribution in [2.24, 2.45) is 11.8 Å². The Morgan fingerprint density at radius 3 is 2.82 bits per heavy atom. The van der Waals surface area contributed by atoms with Crippen LogP contribution < -0.4 is 0 Å². The van der Waals surface area contributed by atoms with E-state index in [-0.39, 0.29) is 18.2 Å². The Kier molecular flexibility index (Phi) is 5.82. The fraction of sp³-hybridized carbons (Fsp3) is 0.833. The van der Waals surface area contributed by atoms with Gasteiger partial charge in [0.25, 0.3) is 0 Å². The summed E-state index contributed by atoms with van der Waals surface area (Å²) in [5, 5.41) is 8.79. The first-order valence-corrected chi connectivity index (χ1v) is 7.42. The van der Waals surface area contributed by atoms with E-state index in [1.807, 2.05) is 18.1 Å². The number of thioether (sulfide) groups is 1. The number of carbonyl (C=O) groups is 2. The number of hydrogen-bond acceptors (Lipinski definition) is 3. The summed E-state index contributed by atoms with van der Waals surface area (Å²) in [6.45, 7) is 3.53. The molecule has 0 spiro atoms. The second-order valence-corrected chi connectivity index (χ2v) is 5.62. The Balaban J connectivity index is 2.48. The smallest absolute Gasteiger partial charge is 0.303 e. The van der Waals surface area contributed by atoms with Crippen LogP contribution in [0.25, 0.3) is 0 Å². The SMILES string of the molecule is CSCC(=O)N1CCCC(C(C)CC(=O)O)C1. The molecule has 2 atom stereocenters. The van der Waals surface area contributed by atoms with Gasteiger partial charge in [0, 0.05) is 19.5 Å². The van der Waals surface area contributed by atoms with Crippen LogP contribution >= 0.6 is 11.8 Å². The average Bonchev–Trinajstić information content (AvgIpc) is 2.28. The highest BCUT2D eigenvalue weighted by molar-refractivity contribution is 7.99. The molecule has 1 rings (SSSR count). The van der Waals surface area contributed by atoms with Crippen molar-refractivity contribution in [3.8, 4) is 0 Å². The topological polar surface area (TPSA) is 57.6 Å². The van der Waals surface area contributed by atoms with Gasteiger partial charge in [-0.1, -0.05) is 6.92 Å². The second-order valence-electron chi connectivity index (χ2n) is 4.75. The molecular weight excluding hydrogens is 238 g/mol. The first kappa shape index (κ1) is 14.4. The molecular formula is C12H21NO3S. The quantitative estimate of drug-likeness (QED) is 0.816. The zero-order chi connectivity index (χ0) is 12.8. The lowest BCUT2D eigenvalue weighted by atomic mass is 9.84. The van der Waals surface area contributed by atoms with Crippen LogP contribution in [0.4, 0.5) is 0 Å². The number of likely N-dealkylation sites (tertiary alicyclic amines) is 1. The summed E-state index contributed by atoms with van der Waals surface area (Å²) in [4.78, 5) is 24.4. The summed E-state index contributed by atoms with van der Waals surface area (Å²) in [6.07, 6.45) is 4.16. The van der Waals surface area contributed by atoms with Crippen molar-refractivity contribution >= 4 is 23.6 Å². The zero-order valence-corrected chi connectivity index (χ0v) is 11.3. The second kappa shape index (κ2) is 6.89. The van der Waals surface area contributed by atoms with Crippen LogP contribution in [-0.4, -0.2) is 47.0 Å². The normalized spacial score (nSPS) is 22.2. The van der Waals surface area contributed by atoms with Gasteiger partial charge in [0.2, 0.25) is 5.91 Å². The number of amides is 1. The molecule has 1 amide bonds. The highest BCUT2D eigenvalue weighted by Crippen LogP contribution is 2.26. The molecule has 98 valence electrons. The molecule has 4 nitrogen and oxygen atoms in total. The molecule has 1 saturated heterocycles. The third-order valence-corrected chi connectivity index (χ3v) is 3.92. The van der Waals surface area contributed by atoms with E-state index < -0.39 is 5.97 Å². The van der Waals surface area contributed by atoms with Gasteiger partial charge in [0.1, 0.15) is 0 Å². The molecule has 17 heavy (non-hydrogen) atoms. The molecule has 1 N–H and O–H groups in total. The maximum Gasteiger partial charge on any atom is 0.303 e. The summed E-state index contributed by atoms with van der Waals surface area (Å²) in [6, 6.07) is 0. The van der Waals surface area contributed by atoms with Crippen molar-refractivity contribution in [3.63, 3.8) is 0 Å². The van der Waals surface area contributed by atoms with Crippen molar-refractivity contribution < 1.29 is 14.7 Å². The molecule has 1 fully saturated rings. The average molecular weight is 259 g/mol. The van der Waals surface area contributed by atoms with Crippen molar-refractivity contribution in [2.75, 3.05) is 25.1 Å². The van der Waals surface area contributed by atoms with Crippen LogP contribution in [0.5, 0.6) is 0 Å². The number of piperidine rings is 1. The predicted octanol–water partition coefficient (Wildman–Crippen LogP) is 1.70. The van der Waals surface area contributed by atoms with Gasteiger partial charge < -0.3 is 10.0 Å². The molecule has 5 heteroatoms. The molecule has 1 aliphatic rings. The Morgan fingerprint density at radius 1 is 1.53 bits per heavy atom. The molecule has 0 aromatic heterocycles. The highest BCUT2D eigenvalue weighted by Gasteiger charge is 2.27. The van der Waals surface area contributed by atoms with Crippen molar-refractivity contribution in [1.29, 1.82) is 0 Å². The van der Waals surface area contributed by atoms with Gasteiger partial charge >= 0.3 is 5.97 Å². The number of carboxylic acids is 1. The summed E-state index contributed by atoms with van der Waals surface area (Å²) >= 11 is 1.54. The van der Waals surface area contributed by atoms with Crippen LogP contribution in [0.3, 0.4) is 0 Å². The van der Waals surface area contributed by atoms with Gasteiger partial charge in [-0.05, 0) is 30.9 Å². The lowest BCUT2D eigenvalue weighted by molar-refractivity contribution is -0.138. The van der Waals surface area contributed by atoms with Crippen LogP contribution in [0.15, 0.2) is 0 Å². The van der Waals surface area contributed by atoms with Gasteiger partial charge in [0.15, 0.2) is 0 Å². The first-order valence-electron chi connectivity index (χ1n) is 6.03. The summed E-state index contributed by atoms with van der Waals surface area (Å²) < 4.78 is 0. The van der Waals surface area contributed by atoms with E-state index >= 15 is 0 Å². The number of carboxylic acid groups (broad SMARTS) is 1. The van der Waals surface area contributed by atoms with E-state index in [1.54, 1.807) is 0 Å². The van der Waals surface area contributed by atoms with Crippen LogP contribution in [0, 0.1) is 11.8 Å². The van der Waals surface area contributed by atoms with Gasteiger partial charge in [0.05, 0.1) is 5.75 Å². The molecule has 1 aliphatic heterocycles. The van der Waals surface area contributed by atoms with E-state index in [0.717, 1.165) is 25.9 Å². The molecule has 2 unspecified atom stereocenters. The maximum absolute atomic E-state index is 11.8. The monoisotopic (exact) mass is 259 g/mol. The largest absolute Gasteiger partial charge is 0.481 e. The number of carbonyl (C=O) groups excluding carboxylic acids is 1. The summed E-state index contributed by atoms with van der Waals surface area (Å²) in [7, 11) is 0. The minimum atomic E-state index is -0.745. The molecule has 1 heterocycles. The molecule has 0 aromatic rings. The Labute approximate surface area is 107 Å². The molecule has 0 aromatic carbocycles. The fourth-order valence-corrected chi connectivity index (χ4v) is 2.79. The third kappa shape index (κ3) is 4.58. The first-order chi connectivity index (χ1) is 8.04. The van der Waals surface area contributed by atoms with Gasteiger partial charge in [-0.25, -0.2) is 0 Å². The third-order valence-electron chi connectivity index (χ3n) is 3.38. The number of hydrogen-bond donors (Lipinski definition) is 1. The highest BCUT2D eigenvalue weighted by atomic mass is 32.2. The standard InChI is InChI=1S/C12H21NO3S/c1-9(6-12(15)16)10-4-3-5-13(7-10)11(14)8-17-2/h9-10H,3-8H2,1-2H3,(H,15,16). The van der Waals surface area contributed by atoms with Crippen molar-refractivity contribution in [2.45, 2.75) is 26.2 Å². The van der Waals surface area contributed by atoms with E-state index in [2.05, 4.69) is 0 Å². The zero-order valence-electron chi connectivity index (χ0n) is 10.5. The number of aliphatic carboxylic acids is 1. The molecule has 0 saturated carbocycles. The predicted molar refractivity (Wildman–Crippen MR) is 69.1 cm³/mol. The van der Waals surface area contributed by atoms with Crippen LogP contribution in [0.2, 0.25) is 0 Å². The molecule has 0 bridgehead atoms. The molecule has 0 aliphatic carbocycles. The van der Waals surface area contributed by atoms with Crippen molar-refractivity contribution in [1.82, 2.24) is 4.90 Å². The fourth-order valence-electron chi connectivity index (χ4n) is 2.36. The van der Waals surface area contributed by atoms with Crippen LogP contribution in [0.1, 0.15) is 26.2 Å². The number of rotatable bonds is 5. The van der Waals surface area contributed by atoms with Gasteiger partial charge in [-0.2, -0.15) is 11.8 Å². The lowest BCUT2D eigenvalue weighted by Gasteiger charge is -2.35. The Morgan fingerprint density at radius 2 is 2.24 bits per heavy atom. The Bertz CT molecular complexity index is 283. The molecule has 0 radical (unpaired) electrons. The minimum absolute atomic E-state index is 0.150. The number of nitrogens with zero attached hydrogens (tertiary/aromatic N) is 1. The van der Waals surface area contributed by atoms with Crippen LogP contribution in [-0.2, 0) is 9.59 Å². The van der Waals surface area contributed by atoms with E-state index in [9.17, 15) is 9.59 Å². The van der Waals surface area contributed by atoms with E-state index in [1.165, 1.54) is 11.8 Å². The van der Waals surface area contributed by atoms with E-state index in [0.29, 0.717) is 11.7 Å². The minimum Gasteiger partial charge on any atom is -0.481 e. The summed E-state index contributed by atoms with van der Waals surface area (Å²) in [5.74, 6) is 0.456. The maximum atomic E-state index is 11.8. The summed E-state index contributed by atoms with van der Waals surface area (Å²) in [5.41, 5.74) is 0. The van der Waals surface area contributed by atoms with E-state index in [4.69, 9.17) is 5.11 Å². The van der Waals surface area contributed by atoms with Gasteiger partial charge in [-0.3, -0.25) is 9.59 Å². The van der Waals surface area contributed by atoms with Gasteiger partial charge in [-0.15, -0.1) is 0 Å². The Hall–Kier alpha value is -0.710. The van der Waals surface area contributed by atoms with Crippen molar-refractivity contribution in [3.05, 3.63) is 0 Å².